The summed E-state index contributed by atoms with van der Waals surface area (Å²) in [5, 5.41) is 3.02. The zero-order chi connectivity index (χ0) is 33.3. The number of halogens is 1. The lowest BCUT2D eigenvalue weighted by Crippen LogP contribution is -2.53. The van der Waals surface area contributed by atoms with E-state index in [4.69, 9.17) is 0 Å². The molecule has 1 atom stereocenters. The molecule has 0 unspecified atom stereocenters. The smallest absolute Gasteiger partial charge is 0.264 e. The number of nitrogens with zero attached hydrogens (tertiary/aromatic N) is 2. The monoisotopic (exact) mass is 703 g/mol. The van der Waals surface area contributed by atoms with Gasteiger partial charge in [0.15, 0.2) is 0 Å². The maximum atomic E-state index is 14.6. The molecule has 0 bridgehead atoms. The zero-order valence-electron chi connectivity index (χ0n) is 26.8. The zero-order valence-corrected chi connectivity index (χ0v) is 29.2. The molecule has 0 aliphatic carbocycles. The van der Waals surface area contributed by atoms with Crippen molar-refractivity contribution in [3.8, 4) is 0 Å². The van der Waals surface area contributed by atoms with Crippen LogP contribution in [0.5, 0.6) is 0 Å². The standard InChI is InChI=1S/C37H42BrN3O4S/c1-27(2)24-39-37(43)35(23-29-11-7-5-8-12-29)40(25-30-15-19-32(38)20-16-30)36(42)26-41(33-21-17-31(18-22-33)28(3)4)46(44,45)34-13-9-6-10-14-34/h5-22,27-28,35H,23-26H2,1-4H3,(H,39,43)/t35-/m0/s1. The number of hydrogen-bond acceptors (Lipinski definition) is 4. The molecular weight excluding hydrogens is 662 g/mol. The van der Waals surface area contributed by atoms with Gasteiger partial charge in [-0.15, -0.1) is 0 Å². The summed E-state index contributed by atoms with van der Waals surface area (Å²) in [6.07, 6.45) is 0.265. The summed E-state index contributed by atoms with van der Waals surface area (Å²) >= 11 is 3.47. The van der Waals surface area contributed by atoms with E-state index in [1.54, 1.807) is 30.3 Å². The summed E-state index contributed by atoms with van der Waals surface area (Å²) in [5.41, 5.74) is 3.12. The summed E-state index contributed by atoms with van der Waals surface area (Å²) in [7, 11) is -4.14. The molecule has 9 heteroatoms. The Bertz CT molecular complexity index is 1680. The molecule has 1 N–H and O–H groups in total. The molecule has 0 aliphatic rings. The molecule has 0 aliphatic heterocycles. The lowest BCUT2D eigenvalue weighted by molar-refractivity contribution is -0.140. The maximum absolute atomic E-state index is 14.6. The highest BCUT2D eigenvalue weighted by Crippen LogP contribution is 2.27. The van der Waals surface area contributed by atoms with E-state index in [-0.39, 0.29) is 35.6 Å². The maximum Gasteiger partial charge on any atom is 0.264 e. The average Bonchev–Trinajstić information content (AvgIpc) is 3.05. The lowest BCUT2D eigenvalue weighted by atomic mass is 10.0. The predicted octanol–water partition coefficient (Wildman–Crippen LogP) is 7.18. The molecule has 0 saturated carbocycles. The Kier molecular flexibility index (Phi) is 12.2. The number of amides is 2. The van der Waals surface area contributed by atoms with Gasteiger partial charge in [0.2, 0.25) is 11.8 Å². The molecule has 0 radical (unpaired) electrons. The number of sulfonamides is 1. The van der Waals surface area contributed by atoms with Crippen LogP contribution in [0.2, 0.25) is 0 Å². The Morgan fingerprint density at radius 2 is 1.35 bits per heavy atom. The minimum Gasteiger partial charge on any atom is -0.354 e. The van der Waals surface area contributed by atoms with Crippen LogP contribution < -0.4 is 9.62 Å². The van der Waals surface area contributed by atoms with Gasteiger partial charge in [0.05, 0.1) is 10.6 Å². The van der Waals surface area contributed by atoms with Gasteiger partial charge in [0, 0.05) is 24.0 Å². The van der Waals surface area contributed by atoms with Crippen LogP contribution in [-0.4, -0.2) is 44.3 Å². The Hall–Kier alpha value is -3.95. The number of rotatable bonds is 14. The number of benzene rings is 4. The van der Waals surface area contributed by atoms with Crippen molar-refractivity contribution >= 4 is 43.5 Å². The van der Waals surface area contributed by atoms with Crippen molar-refractivity contribution in [3.05, 3.63) is 130 Å². The van der Waals surface area contributed by atoms with Gasteiger partial charge in [-0.2, -0.15) is 0 Å². The molecule has 46 heavy (non-hydrogen) atoms. The fourth-order valence-corrected chi connectivity index (χ4v) is 6.74. The molecule has 242 valence electrons. The summed E-state index contributed by atoms with van der Waals surface area (Å²) < 4.78 is 30.3. The molecule has 4 rings (SSSR count). The SMILES string of the molecule is CC(C)CNC(=O)[C@H](Cc1ccccc1)N(Cc1ccc(Br)cc1)C(=O)CN(c1ccc(C(C)C)cc1)S(=O)(=O)c1ccccc1. The van der Waals surface area contributed by atoms with E-state index in [2.05, 4.69) is 35.1 Å². The average molecular weight is 705 g/mol. The first-order chi connectivity index (χ1) is 22.0. The van der Waals surface area contributed by atoms with Crippen LogP contribution in [0.4, 0.5) is 5.69 Å². The number of anilines is 1. The fourth-order valence-electron chi connectivity index (χ4n) is 5.04. The molecule has 2 amide bonds. The van der Waals surface area contributed by atoms with Crippen molar-refractivity contribution in [1.82, 2.24) is 10.2 Å². The Balaban J connectivity index is 1.79. The van der Waals surface area contributed by atoms with Crippen molar-refractivity contribution in [2.45, 2.75) is 57.5 Å². The third-order valence-corrected chi connectivity index (χ3v) is 10.00. The van der Waals surface area contributed by atoms with Gasteiger partial charge in [-0.3, -0.25) is 13.9 Å². The third-order valence-electron chi connectivity index (χ3n) is 7.68. The minimum absolute atomic E-state index is 0.0747. The predicted molar refractivity (Wildman–Crippen MR) is 188 cm³/mol. The van der Waals surface area contributed by atoms with Crippen LogP contribution in [0, 0.1) is 5.92 Å². The molecule has 4 aromatic rings. The number of carbonyl (C=O) groups excluding carboxylic acids is 2. The topological polar surface area (TPSA) is 86.8 Å². The van der Waals surface area contributed by atoms with E-state index in [9.17, 15) is 18.0 Å². The summed E-state index contributed by atoms with van der Waals surface area (Å²) in [5.74, 6) is -0.325. The van der Waals surface area contributed by atoms with E-state index in [1.807, 2.05) is 80.6 Å². The molecule has 4 aromatic carbocycles. The van der Waals surface area contributed by atoms with Gasteiger partial charge < -0.3 is 10.2 Å². The van der Waals surface area contributed by atoms with Gasteiger partial charge in [0.1, 0.15) is 12.6 Å². The molecule has 0 aromatic heterocycles. The highest BCUT2D eigenvalue weighted by Gasteiger charge is 2.34. The van der Waals surface area contributed by atoms with Crippen LogP contribution in [0.3, 0.4) is 0 Å². The summed E-state index contributed by atoms with van der Waals surface area (Å²) in [6.45, 7) is 8.22. The Morgan fingerprint density at radius 3 is 1.91 bits per heavy atom. The molecule has 0 saturated heterocycles. The first-order valence-corrected chi connectivity index (χ1v) is 17.7. The molecule has 0 heterocycles. The second-order valence-electron chi connectivity index (χ2n) is 12.1. The second-order valence-corrected chi connectivity index (χ2v) is 14.8. The van der Waals surface area contributed by atoms with Gasteiger partial charge in [-0.1, -0.05) is 116 Å². The number of hydrogen-bond donors (Lipinski definition) is 1. The second kappa shape index (κ2) is 16.1. The molecule has 0 spiro atoms. The highest BCUT2D eigenvalue weighted by molar-refractivity contribution is 9.10. The van der Waals surface area contributed by atoms with Crippen LogP contribution >= 0.6 is 15.9 Å². The fraction of sp³-hybridized carbons (Fsp3) is 0.297. The van der Waals surface area contributed by atoms with Crippen molar-refractivity contribution in [2.75, 3.05) is 17.4 Å². The summed E-state index contributed by atoms with van der Waals surface area (Å²) in [4.78, 5) is 30.0. The van der Waals surface area contributed by atoms with Crippen LogP contribution in [-0.2, 0) is 32.6 Å². The van der Waals surface area contributed by atoms with Crippen molar-refractivity contribution < 1.29 is 18.0 Å². The molecular formula is C37H42BrN3O4S. The van der Waals surface area contributed by atoms with Crippen LogP contribution in [0.25, 0.3) is 0 Å². The van der Waals surface area contributed by atoms with Crippen molar-refractivity contribution in [3.63, 3.8) is 0 Å². The van der Waals surface area contributed by atoms with E-state index >= 15 is 0 Å². The summed E-state index contributed by atoms with van der Waals surface area (Å²) in [6, 6.07) is 31.5. The quantitative estimate of drug-likeness (QED) is 0.151. The van der Waals surface area contributed by atoms with Gasteiger partial charge in [-0.25, -0.2) is 8.42 Å². The lowest BCUT2D eigenvalue weighted by Gasteiger charge is -2.34. The van der Waals surface area contributed by atoms with Crippen molar-refractivity contribution in [2.24, 2.45) is 5.92 Å². The number of nitrogens with one attached hydrogen (secondary N) is 1. The first kappa shape index (κ1) is 34.9. The Morgan fingerprint density at radius 1 is 0.761 bits per heavy atom. The molecule has 0 fully saturated rings. The molecule has 7 nitrogen and oxygen atoms in total. The largest absolute Gasteiger partial charge is 0.354 e. The Labute approximate surface area is 281 Å². The first-order valence-electron chi connectivity index (χ1n) is 15.5. The van der Waals surface area contributed by atoms with Gasteiger partial charge in [0.25, 0.3) is 10.0 Å². The normalized spacial score (nSPS) is 12.2. The third kappa shape index (κ3) is 9.30. The van der Waals surface area contributed by atoms with Gasteiger partial charge in [-0.05, 0) is 64.9 Å². The highest BCUT2D eigenvalue weighted by atomic mass is 79.9. The van der Waals surface area contributed by atoms with E-state index in [0.29, 0.717) is 12.2 Å². The van der Waals surface area contributed by atoms with E-state index < -0.39 is 28.5 Å². The van der Waals surface area contributed by atoms with Crippen LogP contribution in [0.15, 0.2) is 119 Å². The van der Waals surface area contributed by atoms with Crippen LogP contribution in [0.1, 0.15) is 50.3 Å². The van der Waals surface area contributed by atoms with Crippen molar-refractivity contribution in [1.29, 1.82) is 0 Å². The minimum atomic E-state index is -4.14. The van der Waals surface area contributed by atoms with E-state index in [0.717, 1.165) is 25.5 Å². The number of carbonyl (C=O) groups is 2. The van der Waals surface area contributed by atoms with Gasteiger partial charge >= 0.3 is 0 Å². The van der Waals surface area contributed by atoms with E-state index in [1.165, 1.54) is 17.0 Å².